The fraction of sp³-hybridized carbons (Fsp3) is 0.194. The maximum absolute atomic E-state index is 13.6. The van der Waals surface area contributed by atoms with Gasteiger partial charge in [0.1, 0.15) is 12.3 Å². The van der Waals surface area contributed by atoms with E-state index in [9.17, 15) is 34.1 Å². The van der Waals surface area contributed by atoms with Crippen LogP contribution in [-0.2, 0) is 9.59 Å². The average molecular weight is 568 g/mol. The van der Waals surface area contributed by atoms with Crippen molar-refractivity contribution in [3.05, 3.63) is 117 Å². The third-order valence-electron chi connectivity index (χ3n) is 7.25. The van der Waals surface area contributed by atoms with Crippen LogP contribution in [0.5, 0.6) is 5.75 Å². The Kier molecular flexibility index (Phi) is 7.74. The number of ether oxygens (including phenoxy) is 1. The monoisotopic (exact) mass is 567 g/mol. The van der Waals surface area contributed by atoms with E-state index in [0.29, 0.717) is 18.4 Å². The summed E-state index contributed by atoms with van der Waals surface area (Å²) in [6, 6.07) is 17.2. The first kappa shape index (κ1) is 28.1. The topological polar surface area (TPSA) is 144 Å². The number of hydrazine groups is 1. The van der Waals surface area contributed by atoms with Gasteiger partial charge >= 0.3 is 5.97 Å². The number of rotatable bonds is 8. The highest BCUT2D eigenvalue weighted by Gasteiger charge is 2.51. The summed E-state index contributed by atoms with van der Waals surface area (Å²) >= 11 is 0. The van der Waals surface area contributed by atoms with E-state index >= 15 is 0 Å². The predicted molar refractivity (Wildman–Crippen MR) is 148 cm³/mol. The van der Waals surface area contributed by atoms with Crippen molar-refractivity contribution in [2.24, 2.45) is 11.8 Å². The average Bonchev–Trinajstić information content (AvgIpc) is 3.25. The number of imide groups is 1. The van der Waals surface area contributed by atoms with Crippen molar-refractivity contribution < 1.29 is 33.6 Å². The predicted octanol–water partition coefficient (Wildman–Crippen LogP) is 4.31. The number of benzene rings is 3. The molecule has 0 bridgehead atoms. The zero-order valence-corrected chi connectivity index (χ0v) is 22.5. The molecule has 1 fully saturated rings. The van der Waals surface area contributed by atoms with Gasteiger partial charge in [-0.25, -0.2) is 9.80 Å². The maximum atomic E-state index is 13.6. The molecule has 3 amide bonds. The van der Waals surface area contributed by atoms with Gasteiger partial charge in [-0.1, -0.05) is 29.8 Å². The zero-order valence-electron chi connectivity index (χ0n) is 22.5. The van der Waals surface area contributed by atoms with Crippen LogP contribution in [0.2, 0.25) is 0 Å². The van der Waals surface area contributed by atoms with E-state index < -0.39 is 52.8 Å². The third-order valence-corrected chi connectivity index (χ3v) is 7.25. The molecule has 2 aliphatic rings. The molecule has 1 heterocycles. The minimum absolute atomic E-state index is 0.0413. The Morgan fingerprint density at radius 2 is 1.36 bits per heavy atom. The second-order valence-corrected chi connectivity index (χ2v) is 10.0. The SMILES string of the molecule is Cc1ccc(C(=O)Oc2ccc(C(=O)CN(C(=O)c3ccc([N+](=O)[O-])cc3)N3C(=O)[C@H]4CC=CC[C@@H]4C3=O)cc2)cc1. The molecule has 2 atom stereocenters. The van der Waals surface area contributed by atoms with E-state index in [1.165, 1.54) is 36.4 Å². The lowest BCUT2D eigenvalue weighted by Gasteiger charge is -2.30. The lowest BCUT2D eigenvalue weighted by atomic mass is 9.85. The van der Waals surface area contributed by atoms with Gasteiger partial charge < -0.3 is 4.74 Å². The number of nitro groups is 1. The molecule has 1 aliphatic carbocycles. The molecule has 3 aromatic rings. The van der Waals surface area contributed by atoms with Crippen LogP contribution in [0.1, 0.15) is 49.5 Å². The second-order valence-electron chi connectivity index (χ2n) is 10.0. The largest absolute Gasteiger partial charge is 0.423 e. The summed E-state index contributed by atoms with van der Waals surface area (Å²) in [5.74, 6) is -4.27. The fourth-order valence-electron chi connectivity index (χ4n) is 4.92. The summed E-state index contributed by atoms with van der Waals surface area (Å²) in [4.78, 5) is 76.4. The molecule has 212 valence electrons. The van der Waals surface area contributed by atoms with Gasteiger partial charge in [0, 0.05) is 23.3 Å². The molecule has 11 heteroatoms. The summed E-state index contributed by atoms with van der Waals surface area (Å²) in [5.41, 5.74) is 1.20. The zero-order chi connectivity index (χ0) is 30.0. The Balaban J connectivity index is 1.37. The molecule has 1 saturated heterocycles. The smallest absolute Gasteiger partial charge is 0.343 e. The van der Waals surface area contributed by atoms with Gasteiger partial charge in [0.2, 0.25) is 0 Å². The van der Waals surface area contributed by atoms with E-state index in [-0.39, 0.29) is 22.6 Å². The molecular formula is C31H25N3O8. The highest BCUT2D eigenvalue weighted by Crippen LogP contribution is 2.36. The molecule has 1 aliphatic heterocycles. The van der Waals surface area contributed by atoms with E-state index in [1.807, 2.05) is 6.92 Å². The minimum atomic E-state index is -0.838. The van der Waals surface area contributed by atoms with Crippen molar-refractivity contribution >= 4 is 35.2 Å². The number of amides is 3. The summed E-state index contributed by atoms with van der Waals surface area (Å²) in [6.45, 7) is 1.24. The highest BCUT2D eigenvalue weighted by atomic mass is 16.6. The van der Waals surface area contributed by atoms with Crippen molar-refractivity contribution in [3.63, 3.8) is 0 Å². The van der Waals surface area contributed by atoms with Gasteiger partial charge in [0.05, 0.1) is 22.3 Å². The number of aryl methyl sites for hydroxylation is 1. The van der Waals surface area contributed by atoms with Gasteiger partial charge in [-0.3, -0.25) is 29.3 Å². The number of carbonyl (C=O) groups excluding carboxylic acids is 5. The summed E-state index contributed by atoms with van der Waals surface area (Å²) in [6.07, 6.45) is 4.28. The van der Waals surface area contributed by atoms with Crippen LogP contribution in [-0.4, -0.2) is 51.0 Å². The summed E-state index contributed by atoms with van der Waals surface area (Å²) in [5, 5.41) is 12.6. The Bertz CT molecular complexity index is 1590. The lowest BCUT2D eigenvalue weighted by Crippen LogP contribution is -2.52. The fourth-order valence-corrected chi connectivity index (χ4v) is 4.92. The number of ketones is 1. The minimum Gasteiger partial charge on any atom is -0.423 e. The van der Waals surface area contributed by atoms with Crippen molar-refractivity contribution in [2.75, 3.05) is 6.54 Å². The Hall–Kier alpha value is -5.45. The highest BCUT2D eigenvalue weighted by molar-refractivity contribution is 6.09. The Morgan fingerprint density at radius 3 is 1.90 bits per heavy atom. The molecule has 0 saturated carbocycles. The molecule has 5 rings (SSSR count). The van der Waals surface area contributed by atoms with Crippen LogP contribution >= 0.6 is 0 Å². The molecule has 0 radical (unpaired) electrons. The Labute approximate surface area is 240 Å². The first-order valence-electron chi connectivity index (χ1n) is 13.1. The van der Waals surface area contributed by atoms with Crippen LogP contribution < -0.4 is 4.74 Å². The van der Waals surface area contributed by atoms with Gasteiger partial charge in [-0.05, 0) is 68.3 Å². The Morgan fingerprint density at radius 1 is 0.833 bits per heavy atom. The number of nitro benzene ring substituents is 1. The standard InChI is InChI=1S/C31H25N3O8/c1-19-6-8-22(9-7-19)31(39)42-24-16-12-20(13-17-24)27(35)18-32(28(36)21-10-14-23(15-11-21)34(40)41)33-29(37)25-4-2-3-5-26(25)30(33)38/h2-3,6-17,25-26H,4-5,18H2,1H3/t25-,26-/m0/s1. The number of allylic oxidation sites excluding steroid dienone is 2. The summed E-state index contributed by atoms with van der Waals surface area (Å²) < 4.78 is 5.38. The lowest BCUT2D eigenvalue weighted by molar-refractivity contribution is -0.384. The van der Waals surface area contributed by atoms with Crippen LogP contribution in [0, 0.1) is 28.9 Å². The molecule has 3 aromatic carbocycles. The third kappa shape index (κ3) is 5.57. The van der Waals surface area contributed by atoms with E-state index in [0.717, 1.165) is 27.7 Å². The van der Waals surface area contributed by atoms with Crippen molar-refractivity contribution in [1.29, 1.82) is 0 Å². The number of esters is 1. The van der Waals surface area contributed by atoms with E-state index in [2.05, 4.69) is 0 Å². The number of fused-ring (bicyclic) bond motifs is 1. The van der Waals surface area contributed by atoms with Crippen LogP contribution in [0.3, 0.4) is 0 Å². The van der Waals surface area contributed by atoms with Crippen LogP contribution in [0.25, 0.3) is 0 Å². The number of nitrogens with zero attached hydrogens (tertiary/aromatic N) is 3. The molecule has 42 heavy (non-hydrogen) atoms. The van der Waals surface area contributed by atoms with Gasteiger partial charge in [0.25, 0.3) is 23.4 Å². The molecule has 0 N–H and O–H groups in total. The van der Waals surface area contributed by atoms with Crippen LogP contribution in [0.15, 0.2) is 84.9 Å². The molecule has 0 spiro atoms. The number of Topliss-reactive ketones (excluding diaryl/α,β-unsaturated/α-hetero) is 1. The van der Waals surface area contributed by atoms with E-state index in [4.69, 9.17) is 4.74 Å². The second kappa shape index (κ2) is 11.6. The summed E-state index contributed by atoms with van der Waals surface area (Å²) in [7, 11) is 0. The quantitative estimate of drug-likeness (QED) is 0.0745. The number of hydrogen-bond donors (Lipinski definition) is 0. The number of carbonyl (C=O) groups is 5. The van der Waals surface area contributed by atoms with Crippen molar-refractivity contribution in [2.45, 2.75) is 19.8 Å². The van der Waals surface area contributed by atoms with E-state index in [1.54, 1.807) is 36.4 Å². The number of non-ortho nitro benzene ring substituents is 1. The van der Waals surface area contributed by atoms with Gasteiger partial charge in [0.15, 0.2) is 5.78 Å². The first-order valence-corrected chi connectivity index (χ1v) is 13.1. The normalized spacial score (nSPS) is 17.5. The molecule has 11 nitrogen and oxygen atoms in total. The molecule has 0 unspecified atom stereocenters. The first-order chi connectivity index (χ1) is 20.1. The molecular weight excluding hydrogens is 542 g/mol. The van der Waals surface area contributed by atoms with Crippen molar-refractivity contribution in [1.82, 2.24) is 10.0 Å². The number of hydrogen-bond acceptors (Lipinski definition) is 8. The molecule has 0 aromatic heterocycles. The van der Waals surface area contributed by atoms with Crippen molar-refractivity contribution in [3.8, 4) is 5.75 Å². The van der Waals surface area contributed by atoms with Crippen LogP contribution in [0.4, 0.5) is 5.69 Å². The van der Waals surface area contributed by atoms with Gasteiger partial charge in [-0.15, -0.1) is 0 Å². The van der Waals surface area contributed by atoms with Gasteiger partial charge in [-0.2, -0.15) is 5.01 Å². The maximum Gasteiger partial charge on any atom is 0.343 e.